The summed E-state index contributed by atoms with van der Waals surface area (Å²) in [5.41, 5.74) is 9.75. The van der Waals surface area contributed by atoms with E-state index in [1.54, 1.807) is 105 Å². The first-order valence-electron chi connectivity index (χ1n) is 42.4. The number of hydrogen-bond donors (Lipinski definition) is 10. The van der Waals surface area contributed by atoms with Gasteiger partial charge in [0.05, 0.1) is 113 Å². The summed E-state index contributed by atoms with van der Waals surface area (Å²) >= 11 is 5.32. The first-order chi connectivity index (χ1) is 65.6. The smallest absolute Gasteiger partial charge is 0.471 e. The van der Waals surface area contributed by atoms with Crippen molar-refractivity contribution in [2.75, 3.05) is 47.7 Å². The van der Waals surface area contributed by atoms with E-state index >= 15 is 0 Å². The van der Waals surface area contributed by atoms with E-state index < -0.39 is 32.2 Å². The summed E-state index contributed by atoms with van der Waals surface area (Å²) < 4.78 is 74.8. The number of halogens is 2. The predicted molar refractivity (Wildman–Crippen MR) is 493 cm³/mol. The molecule has 16 aromatic rings. The van der Waals surface area contributed by atoms with Gasteiger partial charge in [-0.25, -0.2) is 38.6 Å². The third-order valence-electron chi connectivity index (χ3n) is 21.5. The maximum absolute atomic E-state index is 14.6. The van der Waals surface area contributed by atoms with Gasteiger partial charge in [-0.3, -0.25) is 77.5 Å². The zero-order valence-electron chi connectivity index (χ0n) is 72.3. The lowest BCUT2D eigenvalue weighted by atomic mass is 9.89. The Kier molecular flexibility index (Phi) is 30.5. The van der Waals surface area contributed by atoms with Crippen LogP contribution < -0.4 is 21.3 Å². The number of H-pyrrole nitrogens is 3. The lowest BCUT2D eigenvalue weighted by molar-refractivity contribution is -0.122. The molecule has 4 amide bonds. The monoisotopic (exact) mass is 1930 g/mol. The molecule has 135 heavy (non-hydrogen) atoms. The Hall–Kier alpha value is -14.0. The predicted octanol–water partition coefficient (Wildman–Crippen LogP) is 14.7. The minimum atomic E-state index is -4.64. The van der Waals surface area contributed by atoms with Crippen molar-refractivity contribution in [3.05, 3.63) is 216 Å². The van der Waals surface area contributed by atoms with E-state index in [1.165, 1.54) is 86.8 Å². The minimum absolute atomic E-state index is 0.0196. The molecule has 4 aliphatic rings. The third-order valence-corrected chi connectivity index (χ3v) is 25.5. The van der Waals surface area contributed by atoms with Crippen molar-refractivity contribution in [3.8, 4) is 87.8 Å². The average molecular weight is 1930 g/mol. The number of phosphoric ester groups is 1. The van der Waals surface area contributed by atoms with Gasteiger partial charge in [0.25, 0.3) is 30.1 Å². The second kappa shape index (κ2) is 43.8. The van der Waals surface area contributed by atoms with E-state index in [-0.39, 0.29) is 95.6 Å². The molecule has 20 rings (SSSR count). The molecule has 16 aromatic heterocycles. The number of phosphoric acid groups is 1. The first-order valence-corrected chi connectivity index (χ1v) is 47.4. The summed E-state index contributed by atoms with van der Waals surface area (Å²) in [6, 6.07) is 19.2. The Morgan fingerprint density at radius 1 is 0.444 bits per heavy atom. The van der Waals surface area contributed by atoms with Crippen molar-refractivity contribution in [2.24, 2.45) is 0 Å². The van der Waals surface area contributed by atoms with E-state index in [0.29, 0.717) is 110 Å². The SMILES string of the molecule is CCOC1CC(n2cc(NC(=O)c3csc(-c4cn[nH]c4)n3)c(-c3cccc(F)n3)n2)C1.CCOC1CC(n2cc(NC(=O)c3csc(-c4cn[nH]c4)n3)c(-c3ccccn3)n2)C1.CCOC1CC(n2cc(NC(=O)c3csc(-c4cn[nH]c4)n3)c(-c3ccccn3)n2)C1.CCOC1CC(n2cc(NC(=O)c3csc(-c4cnn(COP(=O)(O)O)c4)n3)c(-c3ncccc3F)n2)C1.O=CO. The number of thiazole rings is 4. The van der Waals surface area contributed by atoms with Gasteiger partial charge < -0.3 is 55.1 Å². The van der Waals surface area contributed by atoms with Crippen LogP contribution in [0, 0.1) is 11.8 Å². The molecule has 698 valence electrons. The summed E-state index contributed by atoms with van der Waals surface area (Å²) in [7, 11) is -4.64. The van der Waals surface area contributed by atoms with E-state index in [9.17, 15) is 32.5 Å². The minimum Gasteiger partial charge on any atom is -0.483 e. The highest BCUT2D eigenvalue weighted by Gasteiger charge is 2.38. The van der Waals surface area contributed by atoms with E-state index in [1.807, 2.05) is 85.9 Å². The van der Waals surface area contributed by atoms with Crippen LogP contribution in [0.3, 0.4) is 0 Å². The van der Waals surface area contributed by atoms with Crippen molar-refractivity contribution in [1.29, 1.82) is 0 Å². The molecule has 0 unspecified atom stereocenters. The molecular weight excluding hydrogens is 1850 g/mol. The molecule has 4 fully saturated rings. The Morgan fingerprint density at radius 3 is 1.13 bits per heavy atom. The molecule has 0 spiro atoms. The number of aromatic amines is 3. The summed E-state index contributed by atoms with van der Waals surface area (Å²) in [5.74, 6) is -2.66. The lowest BCUT2D eigenvalue weighted by Gasteiger charge is -2.34. The van der Waals surface area contributed by atoms with Crippen LogP contribution >= 0.6 is 53.2 Å². The van der Waals surface area contributed by atoms with E-state index in [0.717, 1.165) is 78.1 Å². The quantitative estimate of drug-likeness (QED) is 0.0110. The highest BCUT2D eigenvalue weighted by molar-refractivity contribution is 7.46. The maximum atomic E-state index is 14.6. The molecule has 0 aliphatic heterocycles. The molecule has 10 N–H and O–H groups in total. The molecule has 4 saturated carbocycles. The standard InChI is InChI=1S/C22H23FN7O6PS.C21H20FN7O2S.2C21H21N7O2S.CH2O2/c1-2-35-15-6-14(7-15)30-10-17(20(28-30)19-16(23)4-3-5-24-19)26-21(31)18-11-38-22(27-18)13-8-25-29(9-13)12-36-37(32,33)34;1-2-31-14-6-13(7-14)29-10-16(19(28-29)15-4-3-5-18(22)25-15)26-20(30)17-11-32-21(27-17)12-8-23-24-9-12;2*1-2-30-15-7-14(8-15)28-11-17(19(27-28)16-5-3-4-6-22-16)25-20(29)18-12-31-21(26-18)13-9-23-24-10-13;2-1-3/h3-5,8-11,14-15H,2,6-7,12H2,1H3,(H,26,31)(H2,32,33,34);3-5,8-11,13-14H,2,6-7H2,1H3,(H,23,24)(H,26,30);2*3-6,9-12,14-15H,2,7-8H2,1H3,(H,23,24)(H,25,29);1H,(H,2,3). The van der Waals surface area contributed by atoms with Crippen molar-refractivity contribution >= 4 is 106 Å². The lowest BCUT2D eigenvalue weighted by Crippen LogP contribution is -2.33. The molecule has 0 radical (unpaired) electrons. The number of aromatic nitrogens is 24. The second-order valence-corrected chi connectivity index (χ2v) is 35.1. The Bertz CT molecular complexity index is 6510. The topological polar surface area (TPSA) is 536 Å². The van der Waals surface area contributed by atoms with Crippen molar-refractivity contribution in [2.45, 2.75) is 134 Å². The fourth-order valence-corrected chi connectivity index (χ4v) is 18.0. The zero-order chi connectivity index (χ0) is 94.1. The number of nitrogens with one attached hydrogen (secondary N) is 7. The van der Waals surface area contributed by atoms with Gasteiger partial charge in [-0.15, -0.1) is 45.3 Å². The summed E-state index contributed by atoms with van der Waals surface area (Å²) in [6.45, 7) is 9.94. The van der Waals surface area contributed by atoms with Gasteiger partial charge in [-0.1, -0.05) is 18.2 Å². The van der Waals surface area contributed by atoms with Crippen LogP contribution in [0.2, 0.25) is 0 Å². The fraction of sp³-hybridized carbons (Fsp3) is 0.291. The number of nitrogens with zero attached hydrogens (tertiary/aromatic N) is 21. The number of pyridine rings is 4. The Labute approximate surface area is 782 Å². The first kappa shape index (κ1) is 94.2. The number of rotatable bonds is 31. The molecular formula is C86H87F2N28O14PS4. The van der Waals surface area contributed by atoms with Gasteiger partial charge in [0.2, 0.25) is 5.95 Å². The summed E-state index contributed by atoms with van der Waals surface area (Å²) in [6.07, 6.45) is 32.9. The number of carbonyl (C=O) groups excluding carboxylic acids is 4. The number of anilines is 4. The average Bonchev–Trinajstić information content (AvgIpc) is 1.64. The van der Waals surface area contributed by atoms with Gasteiger partial charge in [0.15, 0.2) is 12.5 Å². The van der Waals surface area contributed by atoms with Crippen molar-refractivity contribution < 1.29 is 75.7 Å². The largest absolute Gasteiger partial charge is 0.483 e. The van der Waals surface area contributed by atoms with Crippen LogP contribution in [0.1, 0.15) is 145 Å². The summed E-state index contributed by atoms with van der Waals surface area (Å²) in [4.78, 5) is 112. The van der Waals surface area contributed by atoms with Gasteiger partial charge >= 0.3 is 7.82 Å². The summed E-state index contributed by atoms with van der Waals surface area (Å²) in [5, 5.41) is 70.4. The second-order valence-electron chi connectivity index (χ2n) is 30.5. The molecule has 42 nitrogen and oxygen atoms in total. The van der Waals surface area contributed by atoms with E-state index in [2.05, 4.69) is 112 Å². The van der Waals surface area contributed by atoms with Crippen molar-refractivity contribution in [3.63, 3.8) is 0 Å². The maximum Gasteiger partial charge on any atom is 0.471 e. The Morgan fingerprint density at radius 2 is 0.793 bits per heavy atom. The van der Waals surface area contributed by atoms with Crippen molar-refractivity contribution in [1.82, 2.24) is 119 Å². The zero-order valence-corrected chi connectivity index (χ0v) is 76.4. The van der Waals surface area contributed by atoms with Crippen LogP contribution in [-0.4, -0.2) is 215 Å². The number of amides is 4. The molecule has 49 heteroatoms. The molecule has 4 aliphatic carbocycles. The van der Waals surface area contributed by atoms with Crippen LogP contribution in [0.25, 0.3) is 87.8 Å². The number of carbonyl (C=O) groups is 5. The molecule has 0 bridgehead atoms. The molecule has 0 aromatic carbocycles. The number of ether oxygens (including phenoxy) is 4. The number of hydrogen-bond acceptors (Lipinski definition) is 31. The van der Waals surface area contributed by atoms with Crippen LogP contribution in [0.15, 0.2) is 181 Å². The molecule has 16 heterocycles. The van der Waals surface area contributed by atoms with Crippen LogP contribution in [0.4, 0.5) is 31.5 Å². The molecule has 0 atom stereocenters. The third kappa shape index (κ3) is 23.4. The fourth-order valence-electron chi connectivity index (χ4n) is 14.6. The van der Waals surface area contributed by atoms with Gasteiger partial charge in [0, 0.05) is 138 Å². The van der Waals surface area contributed by atoms with Gasteiger partial charge in [0.1, 0.15) is 71.3 Å². The number of carboxylic acid groups (broad SMARTS) is 1. The van der Waals surface area contributed by atoms with E-state index in [4.69, 9.17) is 48.8 Å². The highest BCUT2D eigenvalue weighted by Crippen LogP contribution is 2.43. The van der Waals surface area contributed by atoms with Crippen LogP contribution in [-0.2, 0) is 39.6 Å². The normalized spacial score (nSPS) is 17.5. The molecule has 0 saturated heterocycles. The van der Waals surface area contributed by atoms with Crippen LogP contribution in [0.5, 0.6) is 0 Å². The highest BCUT2D eigenvalue weighted by atomic mass is 32.1. The van der Waals surface area contributed by atoms with Gasteiger partial charge in [-0.05, 0) is 128 Å². The Balaban J connectivity index is 0.000000130. The van der Waals surface area contributed by atoms with Gasteiger partial charge in [-0.2, -0.15) is 45.2 Å².